The highest BCUT2D eigenvalue weighted by molar-refractivity contribution is 9.10. The summed E-state index contributed by atoms with van der Waals surface area (Å²) in [5.74, 6) is 1.69. The molecule has 0 aromatic heterocycles. The van der Waals surface area contributed by atoms with E-state index in [1.807, 2.05) is 0 Å². The van der Waals surface area contributed by atoms with Crippen LogP contribution in [-0.4, -0.2) is 19.7 Å². The summed E-state index contributed by atoms with van der Waals surface area (Å²) in [6.45, 7) is 3.27. The average molecular weight is 312 g/mol. The van der Waals surface area contributed by atoms with Gasteiger partial charge in [-0.2, -0.15) is 0 Å². The van der Waals surface area contributed by atoms with Gasteiger partial charge >= 0.3 is 0 Å². The van der Waals surface area contributed by atoms with Gasteiger partial charge in [0.1, 0.15) is 5.75 Å². The van der Waals surface area contributed by atoms with Crippen LogP contribution in [0.5, 0.6) is 5.75 Å². The first-order chi connectivity index (χ1) is 8.74. The van der Waals surface area contributed by atoms with Crippen molar-refractivity contribution in [1.82, 2.24) is 5.32 Å². The van der Waals surface area contributed by atoms with Crippen molar-refractivity contribution >= 4 is 15.9 Å². The maximum absolute atomic E-state index is 5.27. The topological polar surface area (TPSA) is 21.3 Å². The summed E-state index contributed by atoms with van der Waals surface area (Å²) in [5.41, 5.74) is 1.40. The molecule has 0 spiro atoms. The molecule has 0 bridgehead atoms. The van der Waals surface area contributed by atoms with Gasteiger partial charge in [0.05, 0.1) is 11.6 Å². The molecule has 1 fully saturated rings. The zero-order valence-electron chi connectivity index (χ0n) is 11.2. The molecule has 18 heavy (non-hydrogen) atoms. The molecule has 2 atom stereocenters. The maximum Gasteiger partial charge on any atom is 0.133 e. The molecular formula is C15H22BrNO. The zero-order valence-corrected chi connectivity index (χ0v) is 12.8. The van der Waals surface area contributed by atoms with E-state index in [2.05, 4.69) is 46.4 Å². The lowest BCUT2D eigenvalue weighted by atomic mass is 9.94. The molecule has 0 aliphatic heterocycles. The van der Waals surface area contributed by atoms with E-state index in [-0.39, 0.29) is 0 Å². The van der Waals surface area contributed by atoms with Crippen molar-refractivity contribution in [1.29, 1.82) is 0 Å². The highest BCUT2D eigenvalue weighted by atomic mass is 79.9. The SMILES string of the molecule is CCNC1CCCC1Cc1ccc(OC)c(Br)c1. The van der Waals surface area contributed by atoms with Crippen LogP contribution in [0.2, 0.25) is 0 Å². The van der Waals surface area contributed by atoms with Gasteiger partial charge < -0.3 is 10.1 Å². The second-order valence-corrected chi connectivity index (χ2v) is 5.88. The normalized spacial score (nSPS) is 23.3. The lowest BCUT2D eigenvalue weighted by molar-refractivity contribution is 0.403. The summed E-state index contributed by atoms with van der Waals surface area (Å²) in [6.07, 6.45) is 5.21. The maximum atomic E-state index is 5.27. The van der Waals surface area contributed by atoms with Crippen LogP contribution in [-0.2, 0) is 6.42 Å². The minimum absolute atomic E-state index is 0.705. The molecular weight excluding hydrogens is 290 g/mol. The van der Waals surface area contributed by atoms with E-state index in [1.165, 1.54) is 31.2 Å². The van der Waals surface area contributed by atoms with Gasteiger partial charge in [0.25, 0.3) is 0 Å². The molecule has 1 saturated carbocycles. The zero-order chi connectivity index (χ0) is 13.0. The number of nitrogens with one attached hydrogen (secondary N) is 1. The Labute approximate surface area is 118 Å². The van der Waals surface area contributed by atoms with Gasteiger partial charge in [-0.3, -0.25) is 0 Å². The largest absolute Gasteiger partial charge is 0.496 e. The Balaban J connectivity index is 2.02. The third kappa shape index (κ3) is 3.27. The summed E-state index contributed by atoms with van der Waals surface area (Å²) in [7, 11) is 1.71. The number of benzene rings is 1. The van der Waals surface area contributed by atoms with Crippen molar-refractivity contribution in [3.8, 4) is 5.75 Å². The van der Waals surface area contributed by atoms with Crippen molar-refractivity contribution in [2.24, 2.45) is 5.92 Å². The van der Waals surface area contributed by atoms with Crippen molar-refractivity contribution in [2.45, 2.75) is 38.6 Å². The standard InChI is InChI=1S/C15H22BrNO/c1-3-17-14-6-4-5-12(14)9-11-7-8-15(18-2)13(16)10-11/h7-8,10,12,14,17H,3-6,9H2,1-2H3. The number of halogens is 1. The van der Waals surface area contributed by atoms with Crippen LogP contribution >= 0.6 is 15.9 Å². The summed E-state index contributed by atoms with van der Waals surface area (Å²) >= 11 is 3.56. The van der Waals surface area contributed by atoms with Crippen LogP contribution < -0.4 is 10.1 Å². The number of hydrogen-bond donors (Lipinski definition) is 1. The van der Waals surface area contributed by atoms with E-state index in [9.17, 15) is 0 Å². The van der Waals surface area contributed by atoms with Crippen LogP contribution in [0, 0.1) is 5.92 Å². The summed E-state index contributed by atoms with van der Waals surface area (Å²) < 4.78 is 6.33. The minimum Gasteiger partial charge on any atom is -0.496 e. The van der Waals surface area contributed by atoms with E-state index < -0.39 is 0 Å². The Hall–Kier alpha value is -0.540. The van der Waals surface area contributed by atoms with Crippen LogP contribution in [0.25, 0.3) is 0 Å². The van der Waals surface area contributed by atoms with E-state index in [1.54, 1.807) is 7.11 Å². The lowest BCUT2D eigenvalue weighted by Gasteiger charge is -2.20. The fourth-order valence-electron chi connectivity index (χ4n) is 2.95. The van der Waals surface area contributed by atoms with Gasteiger partial charge in [0.2, 0.25) is 0 Å². The second-order valence-electron chi connectivity index (χ2n) is 5.03. The number of methoxy groups -OCH3 is 1. The molecule has 1 aliphatic carbocycles. The molecule has 1 N–H and O–H groups in total. The number of hydrogen-bond acceptors (Lipinski definition) is 2. The van der Waals surface area contributed by atoms with E-state index in [4.69, 9.17) is 4.74 Å². The molecule has 0 radical (unpaired) electrons. The van der Waals surface area contributed by atoms with E-state index in [0.29, 0.717) is 6.04 Å². The fraction of sp³-hybridized carbons (Fsp3) is 0.600. The van der Waals surface area contributed by atoms with Gasteiger partial charge in [-0.15, -0.1) is 0 Å². The molecule has 0 amide bonds. The van der Waals surface area contributed by atoms with Gasteiger partial charge in [0, 0.05) is 6.04 Å². The first-order valence-corrected chi connectivity index (χ1v) is 7.59. The van der Waals surface area contributed by atoms with Crippen molar-refractivity contribution in [3.05, 3.63) is 28.2 Å². The highest BCUT2D eigenvalue weighted by Gasteiger charge is 2.26. The molecule has 2 unspecified atom stereocenters. The fourth-order valence-corrected chi connectivity index (χ4v) is 3.54. The first-order valence-electron chi connectivity index (χ1n) is 6.80. The van der Waals surface area contributed by atoms with Gasteiger partial charge in [-0.25, -0.2) is 0 Å². The Morgan fingerprint density at radius 1 is 1.39 bits per heavy atom. The van der Waals surface area contributed by atoms with Crippen LogP contribution in [0.4, 0.5) is 0 Å². The second kappa shape index (κ2) is 6.58. The molecule has 3 heteroatoms. The Bertz CT molecular complexity index is 394. The molecule has 1 aromatic carbocycles. The Morgan fingerprint density at radius 3 is 2.89 bits per heavy atom. The average Bonchev–Trinajstić information content (AvgIpc) is 2.78. The van der Waals surface area contributed by atoms with E-state index >= 15 is 0 Å². The number of ether oxygens (including phenoxy) is 1. The minimum atomic E-state index is 0.705. The van der Waals surface area contributed by atoms with Gasteiger partial charge in [-0.1, -0.05) is 19.4 Å². The lowest BCUT2D eigenvalue weighted by Crippen LogP contribution is -2.33. The molecule has 2 rings (SSSR count). The predicted octanol–water partition coefficient (Wildman–Crippen LogP) is 3.78. The van der Waals surface area contributed by atoms with Crippen LogP contribution in [0.15, 0.2) is 22.7 Å². The van der Waals surface area contributed by atoms with Gasteiger partial charge in [0.15, 0.2) is 0 Å². The van der Waals surface area contributed by atoms with Crippen molar-refractivity contribution in [2.75, 3.05) is 13.7 Å². The van der Waals surface area contributed by atoms with Crippen LogP contribution in [0.3, 0.4) is 0 Å². The first kappa shape index (κ1) is 13.9. The summed E-state index contributed by atoms with van der Waals surface area (Å²) in [6, 6.07) is 7.14. The summed E-state index contributed by atoms with van der Waals surface area (Å²) in [4.78, 5) is 0. The summed E-state index contributed by atoms with van der Waals surface area (Å²) in [5, 5.41) is 3.62. The number of rotatable bonds is 5. The van der Waals surface area contributed by atoms with Crippen molar-refractivity contribution in [3.63, 3.8) is 0 Å². The third-order valence-corrected chi connectivity index (χ3v) is 4.46. The Morgan fingerprint density at radius 2 is 2.22 bits per heavy atom. The molecule has 1 aromatic rings. The molecule has 100 valence electrons. The molecule has 0 heterocycles. The van der Waals surface area contributed by atoms with E-state index in [0.717, 1.165) is 22.7 Å². The third-order valence-electron chi connectivity index (χ3n) is 3.84. The van der Waals surface area contributed by atoms with Crippen LogP contribution in [0.1, 0.15) is 31.7 Å². The molecule has 2 nitrogen and oxygen atoms in total. The molecule has 1 aliphatic rings. The smallest absolute Gasteiger partial charge is 0.133 e. The Kier molecular flexibility index (Phi) is 5.07. The quantitative estimate of drug-likeness (QED) is 0.893. The monoisotopic (exact) mass is 311 g/mol. The molecule has 0 saturated heterocycles. The highest BCUT2D eigenvalue weighted by Crippen LogP contribution is 2.31. The predicted molar refractivity (Wildman–Crippen MR) is 79.2 cm³/mol. The van der Waals surface area contributed by atoms with Gasteiger partial charge in [-0.05, 0) is 65.4 Å². The van der Waals surface area contributed by atoms with Crippen molar-refractivity contribution < 1.29 is 4.74 Å².